The SMILES string of the molecule is CCOC(=O)/C(=C\c1ccc(-n2cnc(C)c2)c(OC)c1)CCCC=O. The molecule has 6 heteroatoms. The third-order valence-corrected chi connectivity index (χ3v) is 3.84. The van der Waals surface area contributed by atoms with Crippen LogP contribution in [0.15, 0.2) is 36.3 Å². The average Bonchev–Trinajstić information content (AvgIpc) is 3.07. The second-order valence-corrected chi connectivity index (χ2v) is 5.80. The molecule has 0 aliphatic heterocycles. The van der Waals surface area contributed by atoms with Crippen LogP contribution in [-0.4, -0.2) is 35.5 Å². The molecule has 0 bridgehead atoms. The zero-order valence-corrected chi connectivity index (χ0v) is 15.4. The Morgan fingerprint density at radius 3 is 2.77 bits per heavy atom. The van der Waals surface area contributed by atoms with Crippen molar-refractivity contribution in [2.75, 3.05) is 13.7 Å². The van der Waals surface area contributed by atoms with Crippen molar-refractivity contribution < 1.29 is 19.1 Å². The Labute approximate surface area is 153 Å². The van der Waals surface area contributed by atoms with Gasteiger partial charge in [0.2, 0.25) is 0 Å². The molecule has 0 aliphatic rings. The van der Waals surface area contributed by atoms with Crippen molar-refractivity contribution in [3.63, 3.8) is 0 Å². The third kappa shape index (κ3) is 5.05. The standard InChI is InChI=1S/C20H24N2O4/c1-4-26-20(24)17(7-5-6-10-23)11-16-8-9-18(19(12-16)25-3)22-13-15(2)21-14-22/h8-14H,4-7H2,1-3H3/b17-11-. The molecule has 0 N–H and O–H groups in total. The van der Waals surface area contributed by atoms with Crippen LogP contribution in [0.2, 0.25) is 0 Å². The van der Waals surface area contributed by atoms with Gasteiger partial charge in [-0.05, 0) is 50.5 Å². The lowest BCUT2D eigenvalue weighted by atomic mass is 10.0. The molecule has 2 aromatic rings. The minimum absolute atomic E-state index is 0.312. The van der Waals surface area contributed by atoms with Gasteiger partial charge in [0, 0.05) is 18.2 Å². The van der Waals surface area contributed by atoms with Gasteiger partial charge in [0.25, 0.3) is 0 Å². The van der Waals surface area contributed by atoms with E-state index >= 15 is 0 Å². The predicted octanol–water partition coefficient (Wildman–Crippen LogP) is 3.51. The molecule has 0 saturated heterocycles. The summed E-state index contributed by atoms with van der Waals surface area (Å²) < 4.78 is 12.5. The van der Waals surface area contributed by atoms with Crippen LogP contribution in [0.25, 0.3) is 11.8 Å². The summed E-state index contributed by atoms with van der Waals surface area (Å²) in [5.41, 5.74) is 3.15. The van der Waals surface area contributed by atoms with E-state index in [0.717, 1.165) is 23.2 Å². The first-order valence-corrected chi connectivity index (χ1v) is 8.59. The minimum Gasteiger partial charge on any atom is -0.495 e. The fourth-order valence-corrected chi connectivity index (χ4v) is 2.58. The van der Waals surface area contributed by atoms with E-state index in [2.05, 4.69) is 4.98 Å². The lowest BCUT2D eigenvalue weighted by Gasteiger charge is -2.11. The quantitative estimate of drug-likeness (QED) is 0.298. The van der Waals surface area contributed by atoms with Gasteiger partial charge in [0.1, 0.15) is 12.0 Å². The highest BCUT2D eigenvalue weighted by Gasteiger charge is 2.12. The largest absolute Gasteiger partial charge is 0.495 e. The summed E-state index contributed by atoms with van der Waals surface area (Å²) in [6.07, 6.45) is 7.80. The van der Waals surface area contributed by atoms with Crippen LogP contribution in [-0.2, 0) is 14.3 Å². The van der Waals surface area contributed by atoms with E-state index in [1.54, 1.807) is 26.4 Å². The lowest BCUT2D eigenvalue weighted by molar-refractivity contribution is -0.138. The molecule has 0 amide bonds. The maximum absolute atomic E-state index is 12.2. The Bertz CT molecular complexity index is 793. The summed E-state index contributed by atoms with van der Waals surface area (Å²) in [4.78, 5) is 26.9. The molecule has 1 aromatic heterocycles. The number of nitrogens with zero attached hydrogens (tertiary/aromatic N) is 2. The number of aromatic nitrogens is 2. The van der Waals surface area contributed by atoms with Crippen LogP contribution in [0.3, 0.4) is 0 Å². The summed E-state index contributed by atoms with van der Waals surface area (Å²) in [7, 11) is 1.60. The number of ether oxygens (including phenoxy) is 2. The summed E-state index contributed by atoms with van der Waals surface area (Å²) in [6, 6.07) is 5.69. The number of benzene rings is 1. The highest BCUT2D eigenvalue weighted by Crippen LogP contribution is 2.26. The second-order valence-electron chi connectivity index (χ2n) is 5.80. The van der Waals surface area contributed by atoms with Crippen molar-refractivity contribution in [2.24, 2.45) is 0 Å². The van der Waals surface area contributed by atoms with Crippen LogP contribution in [0.5, 0.6) is 5.75 Å². The Hall–Kier alpha value is -2.89. The van der Waals surface area contributed by atoms with Crippen molar-refractivity contribution in [2.45, 2.75) is 33.1 Å². The van der Waals surface area contributed by atoms with Crippen molar-refractivity contribution in [3.05, 3.63) is 47.6 Å². The topological polar surface area (TPSA) is 70.4 Å². The fourth-order valence-electron chi connectivity index (χ4n) is 2.58. The Morgan fingerprint density at radius 1 is 1.35 bits per heavy atom. The number of aldehydes is 1. The average molecular weight is 356 g/mol. The molecule has 0 atom stereocenters. The molecule has 138 valence electrons. The van der Waals surface area contributed by atoms with E-state index in [0.29, 0.717) is 37.2 Å². The van der Waals surface area contributed by atoms with E-state index in [1.165, 1.54) is 0 Å². The first-order valence-electron chi connectivity index (χ1n) is 8.59. The number of carbonyl (C=O) groups excluding carboxylic acids is 2. The smallest absolute Gasteiger partial charge is 0.334 e. The molecule has 6 nitrogen and oxygen atoms in total. The lowest BCUT2D eigenvalue weighted by Crippen LogP contribution is -2.08. The van der Waals surface area contributed by atoms with Gasteiger partial charge in [0.05, 0.1) is 31.4 Å². The van der Waals surface area contributed by atoms with Gasteiger partial charge in [0.15, 0.2) is 0 Å². The van der Waals surface area contributed by atoms with E-state index in [9.17, 15) is 9.59 Å². The number of rotatable bonds is 9. The Balaban J connectivity index is 2.33. The number of aryl methyl sites for hydroxylation is 1. The molecule has 0 fully saturated rings. The molecule has 2 rings (SSSR count). The van der Waals surface area contributed by atoms with Crippen LogP contribution in [0.1, 0.15) is 37.4 Å². The van der Waals surface area contributed by atoms with Crippen LogP contribution in [0, 0.1) is 6.92 Å². The summed E-state index contributed by atoms with van der Waals surface area (Å²) in [5.74, 6) is 0.318. The number of imidazole rings is 1. The molecule has 0 spiro atoms. The Morgan fingerprint density at radius 2 is 2.15 bits per heavy atom. The predicted molar refractivity (Wildman–Crippen MR) is 99.4 cm³/mol. The molecule has 1 aromatic carbocycles. The number of methoxy groups -OCH3 is 1. The first-order chi connectivity index (χ1) is 12.6. The number of esters is 1. The number of unbranched alkanes of at least 4 members (excludes halogenated alkanes) is 1. The molecular weight excluding hydrogens is 332 g/mol. The fraction of sp³-hybridized carbons (Fsp3) is 0.350. The van der Waals surface area contributed by atoms with E-state index in [1.807, 2.05) is 35.9 Å². The minimum atomic E-state index is -0.355. The van der Waals surface area contributed by atoms with Crippen molar-refractivity contribution >= 4 is 18.3 Å². The highest BCUT2D eigenvalue weighted by atomic mass is 16.5. The number of carbonyl (C=O) groups is 2. The zero-order valence-electron chi connectivity index (χ0n) is 15.4. The normalized spacial score (nSPS) is 11.3. The van der Waals surface area contributed by atoms with Gasteiger partial charge < -0.3 is 18.8 Å². The second kappa shape index (κ2) is 9.56. The third-order valence-electron chi connectivity index (χ3n) is 3.84. The van der Waals surface area contributed by atoms with E-state index in [-0.39, 0.29) is 5.97 Å². The van der Waals surface area contributed by atoms with Crippen molar-refractivity contribution in [3.8, 4) is 11.4 Å². The van der Waals surface area contributed by atoms with E-state index in [4.69, 9.17) is 9.47 Å². The maximum atomic E-state index is 12.2. The number of hydrogen-bond acceptors (Lipinski definition) is 5. The van der Waals surface area contributed by atoms with Crippen molar-refractivity contribution in [1.82, 2.24) is 9.55 Å². The molecule has 0 aliphatic carbocycles. The number of hydrogen-bond donors (Lipinski definition) is 0. The van der Waals surface area contributed by atoms with Gasteiger partial charge in [-0.2, -0.15) is 0 Å². The van der Waals surface area contributed by atoms with Gasteiger partial charge >= 0.3 is 5.97 Å². The molecule has 0 radical (unpaired) electrons. The summed E-state index contributed by atoms with van der Waals surface area (Å²) in [6.45, 7) is 4.00. The van der Waals surface area contributed by atoms with Gasteiger partial charge in [-0.25, -0.2) is 9.78 Å². The molecular formula is C20H24N2O4. The van der Waals surface area contributed by atoms with Gasteiger partial charge in [-0.15, -0.1) is 0 Å². The van der Waals surface area contributed by atoms with Crippen molar-refractivity contribution in [1.29, 1.82) is 0 Å². The van der Waals surface area contributed by atoms with Crippen LogP contribution >= 0.6 is 0 Å². The Kier molecular flexibility index (Phi) is 7.14. The monoisotopic (exact) mass is 356 g/mol. The molecule has 1 heterocycles. The summed E-state index contributed by atoms with van der Waals surface area (Å²) in [5, 5.41) is 0. The summed E-state index contributed by atoms with van der Waals surface area (Å²) >= 11 is 0. The highest BCUT2D eigenvalue weighted by molar-refractivity contribution is 5.93. The van der Waals surface area contributed by atoms with Crippen LogP contribution < -0.4 is 4.74 Å². The molecule has 0 saturated carbocycles. The molecule has 26 heavy (non-hydrogen) atoms. The first kappa shape index (κ1) is 19.4. The van der Waals surface area contributed by atoms with E-state index < -0.39 is 0 Å². The maximum Gasteiger partial charge on any atom is 0.334 e. The van der Waals surface area contributed by atoms with Crippen LogP contribution in [0.4, 0.5) is 0 Å². The zero-order chi connectivity index (χ0) is 18.9. The molecule has 0 unspecified atom stereocenters. The van der Waals surface area contributed by atoms with Gasteiger partial charge in [-0.1, -0.05) is 6.07 Å². The van der Waals surface area contributed by atoms with Gasteiger partial charge in [-0.3, -0.25) is 0 Å².